The number of carbonyl (C=O) groups is 1. The molecular formula is C15H15FN2O2. The Kier molecular flexibility index (Phi) is 4.20. The quantitative estimate of drug-likeness (QED) is 0.802. The van der Waals surface area contributed by atoms with E-state index >= 15 is 0 Å². The van der Waals surface area contributed by atoms with Gasteiger partial charge in [-0.25, -0.2) is 4.39 Å². The fourth-order valence-corrected chi connectivity index (χ4v) is 1.81. The van der Waals surface area contributed by atoms with Crippen molar-refractivity contribution in [3.8, 4) is 5.75 Å². The van der Waals surface area contributed by atoms with Gasteiger partial charge in [-0.05, 0) is 35.9 Å². The van der Waals surface area contributed by atoms with Crippen molar-refractivity contribution in [2.45, 2.75) is 13.5 Å². The summed E-state index contributed by atoms with van der Waals surface area (Å²) in [7, 11) is 0. The summed E-state index contributed by atoms with van der Waals surface area (Å²) in [4.78, 5) is 11.0. The molecule has 0 unspecified atom stereocenters. The zero-order chi connectivity index (χ0) is 14.5. The van der Waals surface area contributed by atoms with Crippen LogP contribution in [-0.2, 0) is 11.3 Å². The third-order valence-electron chi connectivity index (χ3n) is 2.68. The zero-order valence-corrected chi connectivity index (χ0v) is 11.0. The molecule has 2 aromatic rings. The summed E-state index contributed by atoms with van der Waals surface area (Å²) in [5, 5.41) is 14.9. The second-order valence-electron chi connectivity index (χ2n) is 4.40. The molecule has 0 aliphatic rings. The SMILES string of the molecule is CC(=O)Nc1ccc(F)c(NCc2cccc(O)c2)c1. The van der Waals surface area contributed by atoms with Crippen LogP contribution < -0.4 is 10.6 Å². The van der Waals surface area contributed by atoms with Gasteiger partial charge in [0.15, 0.2) is 0 Å². The van der Waals surface area contributed by atoms with E-state index in [1.165, 1.54) is 25.1 Å². The maximum absolute atomic E-state index is 13.7. The molecule has 0 spiro atoms. The second-order valence-corrected chi connectivity index (χ2v) is 4.40. The molecule has 4 nitrogen and oxygen atoms in total. The molecule has 2 aromatic carbocycles. The van der Waals surface area contributed by atoms with Gasteiger partial charge < -0.3 is 15.7 Å². The van der Waals surface area contributed by atoms with Crippen molar-refractivity contribution in [1.82, 2.24) is 0 Å². The molecule has 0 radical (unpaired) electrons. The zero-order valence-electron chi connectivity index (χ0n) is 11.0. The highest BCUT2D eigenvalue weighted by molar-refractivity contribution is 5.89. The van der Waals surface area contributed by atoms with Crippen LogP contribution in [0.25, 0.3) is 0 Å². The third-order valence-corrected chi connectivity index (χ3v) is 2.68. The number of hydrogen-bond acceptors (Lipinski definition) is 3. The summed E-state index contributed by atoms with van der Waals surface area (Å²) in [5.41, 5.74) is 1.64. The average molecular weight is 274 g/mol. The minimum Gasteiger partial charge on any atom is -0.508 e. The first kappa shape index (κ1) is 13.9. The van der Waals surface area contributed by atoms with Crippen LogP contribution in [0, 0.1) is 5.82 Å². The van der Waals surface area contributed by atoms with Crippen LogP contribution in [0.15, 0.2) is 42.5 Å². The Hall–Kier alpha value is -2.56. The maximum Gasteiger partial charge on any atom is 0.221 e. The molecule has 2 rings (SSSR count). The lowest BCUT2D eigenvalue weighted by atomic mass is 10.2. The Bertz CT molecular complexity index is 629. The van der Waals surface area contributed by atoms with E-state index in [1.54, 1.807) is 18.2 Å². The number of aromatic hydroxyl groups is 1. The van der Waals surface area contributed by atoms with Crippen molar-refractivity contribution in [2.75, 3.05) is 10.6 Å². The Morgan fingerprint density at radius 3 is 2.75 bits per heavy atom. The molecular weight excluding hydrogens is 259 g/mol. The number of phenols is 1. The van der Waals surface area contributed by atoms with E-state index < -0.39 is 5.82 Å². The van der Waals surface area contributed by atoms with Crippen molar-refractivity contribution in [3.05, 3.63) is 53.8 Å². The van der Waals surface area contributed by atoms with E-state index in [0.717, 1.165) is 5.56 Å². The largest absolute Gasteiger partial charge is 0.508 e. The topological polar surface area (TPSA) is 61.4 Å². The number of amides is 1. The van der Waals surface area contributed by atoms with Gasteiger partial charge in [0.05, 0.1) is 5.69 Å². The number of carbonyl (C=O) groups excluding carboxylic acids is 1. The van der Waals surface area contributed by atoms with Gasteiger partial charge in [0, 0.05) is 19.2 Å². The van der Waals surface area contributed by atoms with E-state index in [-0.39, 0.29) is 11.7 Å². The van der Waals surface area contributed by atoms with Crippen LogP contribution in [0.5, 0.6) is 5.75 Å². The summed E-state index contributed by atoms with van der Waals surface area (Å²) >= 11 is 0. The molecule has 0 atom stereocenters. The molecule has 0 aromatic heterocycles. The van der Waals surface area contributed by atoms with Gasteiger partial charge in [0.25, 0.3) is 0 Å². The fourth-order valence-electron chi connectivity index (χ4n) is 1.81. The van der Waals surface area contributed by atoms with E-state index in [2.05, 4.69) is 10.6 Å². The lowest BCUT2D eigenvalue weighted by Gasteiger charge is -2.10. The third kappa shape index (κ3) is 3.71. The molecule has 0 saturated carbocycles. The van der Waals surface area contributed by atoms with Crippen LogP contribution in [-0.4, -0.2) is 11.0 Å². The van der Waals surface area contributed by atoms with E-state index in [4.69, 9.17) is 0 Å². The Balaban J connectivity index is 2.10. The second kappa shape index (κ2) is 6.06. The van der Waals surface area contributed by atoms with Gasteiger partial charge in [0.2, 0.25) is 5.91 Å². The van der Waals surface area contributed by atoms with Gasteiger partial charge in [0.1, 0.15) is 11.6 Å². The van der Waals surface area contributed by atoms with Gasteiger partial charge >= 0.3 is 0 Å². The highest BCUT2D eigenvalue weighted by Gasteiger charge is 2.05. The highest BCUT2D eigenvalue weighted by Crippen LogP contribution is 2.21. The van der Waals surface area contributed by atoms with Crippen molar-refractivity contribution in [3.63, 3.8) is 0 Å². The van der Waals surface area contributed by atoms with E-state index in [9.17, 15) is 14.3 Å². The smallest absolute Gasteiger partial charge is 0.221 e. The van der Waals surface area contributed by atoms with Crippen LogP contribution in [0.2, 0.25) is 0 Å². The molecule has 104 valence electrons. The minimum atomic E-state index is -0.403. The number of halogens is 1. The molecule has 0 saturated heterocycles. The number of hydrogen-bond donors (Lipinski definition) is 3. The first-order chi connectivity index (χ1) is 9.54. The summed E-state index contributed by atoms with van der Waals surface area (Å²) in [6, 6.07) is 11.0. The normalized spacial score (nSPS) is 10.1. The number of anilines is 2. The Morgan fingerprint density at radius 1 is 1.25 bits per heavy atom. The number of phenolic OH excluding ortho intramolecular Hbond substituents is 1. The minimum absolute atomic E-state index is 0.164. The lowest BCUT2D eigenvalue weighted by molar-refractivity contribution is -0.114. The molecule has 1 amide bonds. The first-order valence-electron chi connectivity index (χ1n) is 6.13. The highest BCUT2D eigenvalue weighted by atomic mass is 19.1. The summed E-state index contributed by atoms with van der Waals surface area (Å²) in [6.07, 6.45) is 0. The van der Waals surface area contributed by atoms with Crippen molar-refractivity contribution in [2.24, 2.45) is 0 Å². The van der Waals surface area contributed by atoms with Crippen molar-refractivity contribution < 1.29 is 14.3 Å². The lowest BCUT2D eigenvalue weighted by Crippen LogP contribution is -2.07. The first-order valence-corrected chi connectivity index (χ1v) is 6.13. The number of nitrogens with one attached hydrogen (secondary N) is 2. The van der Waals surface area contributed by atoms with E-state index in [1.807, 2.05) is 6.07 Å². The molecule has 3 N–H and O–H groups in total. The van der Waals surface area contributed by atoms with Crippen LogP contribution in [0.3, 0.4) is 0 Å². The Morgan fingerprint density at radius 2 is 2.05 bits per heavy atom. The maximum atomic E-state index is 13.7. The predicted octanol–water partition coefficient (Wildman–Crippen LogP) is 3.10. The van der Waals surface area contributed by atoms with Crippen LogP contribution in [0.1, 0.15) is 12.5 Å². The molecule has 0 aliphatic carbocycles. The van der Waals surface area contributed by atoms with Crippen molar-refractivity contribution >= 4 is 17.3 Å². The molecule has 0 heterocycles. The van der Waals surface area contributed by atoms with Gasteiger partial charge in [-0.3, -0.25) is 4.79 Å². The molecule has 0 fully saturated rings. The number of benzene rings is 2. The van der Waals surface area contributed by atoms with Crippen molar-refractivity contribution in [1.29, 1.82) is 0 Å². The molecule has 0 aliphatic heterocycles. The molecule has 20 heavy (non-hydrogen) atoms. The monoisotopic (exact) mass is 274 g/mol. The van der Waals surface area contributed by atoms with Crippen LogP contribution >= 0.6 is 0 Å². The van der Waals surface area contributed by atoms with E-state index in [0.29, 0.717) is 17.9 Å². The van der Waals surface area contributed by atoms with Gasteiger partial charge in [-0.2, -0.15) is 0 Å². The van der Waals surface area contributed by atoms with Gasteiger partial charge in [-0.15, -0.1) is 0 Å². The summed E-state index contributed by atoms with van der Waals surface area (Å²) in [6.45, 7) is 1.76. The molecule has 0 bridgehead atoms. The average Bonchev–Trinajstić information content (AvgIpc) is 2.39. The predicted molar refractivity (Wildman–Crippen MR) is 76.1 cm³/mol. The fraction of sp³-hybridized carbons (Fsp3) is 0.133. The van der Waals surface area contributed by atoms with Crippen LogP contribution in [0.4, 0.5) is 15.8 Å². The standard InChI is InChI=1S/C15H15FN2O2/c1-10(19)18-12-5-6-14(16)15(8-12)17-9-11-3-2-4-13(20)7-11/h2-8,17,20H,9H2,1H3,(H,18,19). The Labute approximate surface area is 116 Å². The van der Waals surface area contributed by atoms with Gasteiger partial charge in [-0.1, -0.05) is 12.1 Å². The summed E-state index contributed by atoms with van der Waals surface area (Å²) in [5.74, 6) is -0.452. The summed E-state index contributed by atoms with van der Waals surface area (Å²) < 4.78 is 13.7. The number of rotatable bonds is 4. The molecule has 5 heteroatoms.